The average molecular weight is 298 g/mol. The highest BCUT2D eigenvalue weighted by atomic mass is 32.1. The molecular formula is C12H12F2N4OS. The highest BCUT2D eigenvalue weighted by Gasteiger charge is 2.13. The van der Waals surface area contributed by atoms with Gasteiger partial charge in [0, 0.05) is 24.7 Å². The Morgan fingerprint density at radius 1 is 1.35 bits per heavy atom. The lowest BCUT2D eigenvalue weighted by atomic mass is 10.2. The number of aromatic nitrogens is 2. The van der Waals surface area contributed by atoms with E-state index >= 15 is 0 Å². The van der Waals surface area contributed by atoms with Gasteiger partial charge in [0.1, 0.15) is 11.6 Å². The molecule has 0 saturated heterocycles. The summed E-state index contributed by atoms with van der Waals surface area (Å²) < 4.78 is 26.1. The Balaban J connectivity index is 1.97. The van der Waals surface area contributed by atoms with Gasteiger partial charge >= 0.3 is 0 Å². The van der Waals surface area contributed by atoms with E-state index in [1.807, 2.05) is 6.92 Å². The van der Waals surface area contributed by atoms with Crippen LogP contribution in [0.1, 0.15) is 22.3 Å². The van der Waals surface area contributed by atoms with Gasteiger partial charge in [-0.25, -0.2) is 8.78 Å². The van der Waals surface area contributed by atoms with Crippen LogP contribution in [0.5, 0.6) is 0 Å². The monoisotopic (exact) mass is 298 g/mol. The van der Waals surface area contributed by atoms with Crippen molar-refractivity contribution in [3.63, 3.8) is 0 Å². The maximum Gasteiger partial charge on any atom is 0.282 e. The number of hydrogen-bond acceptors (Lipinski definition) is 5. The molecule has 106 valence electrons. The summed E-state index contributed by atoms with van der Waals surface area (Å²) in [5.74, 6) is -1.80. The van der Waals surface area contributed by atoms with Gasteiger partial charge in [-0.1, -0.05) is 17.4 Å². The van der Waals surface area contributed by atoms with Crippen molar-refractivity contribution in [3.8, 4) is 0 Å². The second kappa shape index (κ2) is 6.38. The van der Waals surface area contributed by atoms with Crippen LogP contribution in [0, 0.1) is 11.6 Å². The number of nitrogens with zero attached hydrogens (tertiary/aromatic N) is 2. The molecule has 0 saturated carbocycles. The zero-order chi connectivity index (χ0) is 14.5. The van der Waals surface area contributed by atoms with Gasteiger partial charge in [-0.2, -0.15) is 0 Å². The van der Waals surface area contributed by atoms with Gasteiger partial charge in [-0.05, 0) is 13.0 Å². The topological polar surface area (TPSA) is 66.9 Å². The number of anilines is 1. The fourth-order valence-electron chi connectivity index (χ4n) is 1.45. The first-order chi connectivity index (χ1) is 9.60. The van der Waals surface area contributed by atoms with Crippen LogP contribution in [-0.4, -0.2) is 22.6 Å². The van der Waals surface area contributed by atoms with E-state index in [0.29, 0.717) is 11.7 Å². The number of amides is 1. The number of carbonyl (C=O) groups is 1. The molecule has 0 spiro atoms. The summed E-state index contributed by atoms with van der Waals surface area (Å²) in [6.45, 7) is 2.54. The minimum absolute atomic E-state index is 0.0406. The molecule has 1 aromatic heterocycles. The smallest absolute Gasteiger partial charge is 0.282 e. The molecule has 2 rings (SSSR count). The van der Waals surface area contributed by atoms with Crippen molar-refractivity contribution in [2.24, 2.45) is 0 Å². The van der Waals surface area contributed by atoms with Gasteiger partial charge in [0.15, 0.2) is 0 Å². The number of rotatable bonds is 5. The molecule has 5 nitrogen and oxygen atoms in total. The fraction of sp³-hybridized carbons (Fsp3) is 0.250. The number of benzene rings is 1. The third kappa shape index (κ3) is 3.47. The van der Waals surface area contributed by atoms with E-state index in [1.54, 1.807) is 0 Å². The molecule has 2 N–H and O–H groups in total. The number of nitrogens with one attached hydrogen (secondary N) is 2. The largest absolute Gasteiger partial charge is 0.360 e. The Morgan fingerprint density at radius 3 is 2.85 bits per heavy atom. The van der Waals surface area contributed by atoms with Crippen LogP contribution in [0.15, 0.2) is 18.2 Å². The fourth-order valence-corrected chi connectivity index (χ4v) is 2.18. The van der Waals surface area contributed by atoms with Crippen molar-refractivity contribution < 1.29 is 13.6 Å². The first-order valence-electron chi connectivity index (χ1n) is 5.89. The molecule has 1 amide bonds. The second-order valence-corrected chi connectivity index (χ2v) is 4.84. The van der Waals surface area contributed by atoms with Crippen molar-refractivity contribution >= 4 is 22.4 Å². The quantitative estimate of drug-likeness (QED) is 0.888. The van der Waals surface area contributed by atoms with Gasteiger partial charge in [-0.15, -0.1) is 10.2 Å². The third-order valence-corrected chi connectivity index (χ3v) is 3.28. The maximum absolute atomic E-state index is 13.4. The highest BCUT2D eigenvalue weighted by molar-refractivity contribution is 7.17. The van der Waals surface area contributed by atoms with Crippen LogP contribution in [0.2, 0.25) is 0 Å². The van der Waals surface area contributed by atoms with Crippen molar-refractivity contribution in [1.82, 2.24) is 15.5 Å². The Bertz CT molecular complexity index is 617. The maximum atomic E-state index is 13.4. The summed E-state index contributed by atoms with van der Waals surface area (Å²) in [5.41, 5.74) is 0.205. The van der Waals surface area contributed by atoms with Crippen molar-refractivity contribution in [1.29, 1.82) is 0 Å². The van der Waals surface area contributed by atoms with E-state index in [-0.39, 0.29) is 17.1 Å². The van der Waals surface area contributed by atoms with Gasteiger partial charge in [0.05, 0.1) is 0 Å². The molecule has 1 aromatic carbocycles. The van der Waals surface area contributed by atoms with Gasteiger partial charge in [0.25, 0.3) is 5.91 Å². The van der Waals surface area contributed by atoms with Crippen LogP contribution >= 0.6 is 11.3 Å². The molecule has 8 heteroatoms. The minimum Gasteiger partial charge on any atom is -0.360 e. The van der Waals surface area contributed by atoms with Crippen molar-refractivity contribution in [2.75, 3.05) is 11.9 Å². The van der Waals surface area contributed by atoms with Crippen LogP contribution in [0.3, 0.4) is 0 Å². The van der Waals surface area contributed by atoms with Gasteiger partial charge in [0.2, 0.25) is 10.1 Å². The number of halogens is 2. The molecule has 0 aliphatic rings. The zero-order valence-electron chi connectivity index (χ0n) is 10.6. The lowest BCUT2D eigenvalue weighted by Gasteiger charge is -2.04. The molecule has 0 fully saturated rings. The van der Waals surface area contributed by atoms with E-state index in [4.69, 9.17) is 0 Å². The lowest BCUT2D eigenvalue weighted by Crippen LogP contribution is -2.23. The van der Waals surface area contributed by atoms with E-state index in [2.05, 4.69) is 20.8 Å². The van der Waals surface area contributed by atoms with Crippen LogP contribution in [0.25, 0.3) is 0 Å². The zero-order valence-corrected chi connectivity index (χ0v) is 11.4. The number of carbonyl (C=O) groups excluding carboxylic acids is 1. The van der Waals surface area contributed by atoms with E-state index in [9.17, 15) is 13.6 Å². The minimum atomic E-state index is -0.698. The molecule has 0 aliphatic heterocycles. The molecule has 0 atom stereocenters. The van der Waals surface area contributed by atoms with Crippen molar-refractivity contribution in [2.45, 2.75) is 13.5 Å². The molecule has 20 heavy (non-hydrogen) atoms. The second-order valence-electron chi connectivity index (χ2n) is 3.86. The molecular weight excluding hydrogens is 286 g/mol. The normalized spacial score (nSPS) is 10.3. The lowest BCUT2D eigenvalue weighted by molar-refractivity contribution is 0.0949. The SMILES string of the molecule is CCNc1nnc(C(=O)NCc2ccc(F)cc2F)s1. The average Bonchev–Trinajstić information content (AvgIpc) is 2.86. The van der Waals surface area contributed by atoms with Crippen molar-refractivity contribution in [3.05, 3.63) is 40.4 Å². The third-order valence-electron chi connectivity index (χ3n) is 2.40. The Labute approximate surface area is 118 Å². The standard InChI is InChI=1S/C12H12F2N4OS/c1-2-15-12-18-17-11(20-12)10(19)16-6-7-3-4-8(13)5-9(7)14/h3-5H,2,6H2,1H3,(H,15,18)(H,16,19). The van der Waals surface area contributed by atoms with E-state index in [0.717, 1.165) is 23.5 Å². The van der Waals surface area contributed by atoms with E-state index in [1.165, 1.54) is 6.07 Å². The first-order valence-corrected chi connectivity index (χ1v) is 6.71. The van der Waals surface area contributed by atoms with Crippen LogP contribution in [-0.2, 0) is 6.54 Å². The highest BCUT2D eigenvalue weighted by Crippen LogP contribution is 2.15. The summed E-state index contributed by atoms with van der Waals surface area (Å²) in [6.07, 6.45) is 0. The summed E-state index contributed by atoms with van der Waals surface area (Å²) in [5, 5.41) is 13.7. The van der Waals surface area contributed by atoms with Crippen LogP contribution in [0.4, 0.5) is 13.9 Å². The van der Waals surface area contributed by atoms with Gasteiger partial charge in [-0.3, -0.25) is 4.79 Å². The molecule has 1 heterocycles. The number of hydrogen-bond donors (Lipinski definition) is 2. The predicted molar refractivity (Wildman–Crippen MR) is 71.6 cm³/mol. The Morgan fingerprint density at radius 2 is 2.15 bits per heavy atom. The first kappa shape index (κ1) is 14.3. The molecule has 0 aliphatic carbocycles. The Kier molecular flexibility index (Phi) is 4.57. The van der Waals surface area contributed by atoms with Gasteiger partial charge < -0.3 is 10.6 Å². The molecule has 0 bridgehead atoms. The van der Waals surface area contributed by atoms with E-state index < -0.39 is 17.5 Å². The molecule has 0 radical (unpaired) electrons. The van der Waals surface area contributed by atoms with Crippen LogP contribution < -0.4 is 10.6 Å². The summed E-state index contributed by atoms with van der Waals surface area (Å²) >= 11 is 1.11. The Hall–Kier alpha value is -2.09. The summed E-state index contributed by atoms with van der Waals surface area (Å²) in [4.78, 5) is 11.8. The predicted octanol–water partition coefficient (Wildman–Crippen LogP) is 2.18. The molecule has 2 aromatic rings. The summed E-state index contributed by atoms with van der Waals surface area (Å²) in [7, 11) is 0. The summed E-state index contributed by atoms with van der Waals surface area (Å²) in [6, 6.07) is 3.20. The molecule has 0 unspecified atom stereocenters.